The monoisotopic (exact) mass is 361 g/mol. The Bertz CT molecular complexity index is 601. The van der Waals surface area contributed by atoms with Crippen LogP contribution in [0.1, 0.15) is 52.2 Å². The molecule has 2 unspecified atom stereocenters. The molecule has 0 spiro atoms. The Morgan fingerprint density at radius 2 is 1.85 bits per heavy atom. The Morgan fingerprint density at radius 3 is 2.35 bits per heavy atom. The number of amides is 1. The SMILES string of the molecule is C=Cc1ccc(CC(CC(C)C(=O)OCC)NC(=O)OC(C)(C)C)cc1. The molecule has 0 aliphatic carbocycles. The second-order valence-corrected chi connectivity index (χ2v) is 7.38. The minimum atomic E-state index is -0.576. The van der Waals surface area contributed by atoms with E-state index in [0.717, 1.165) is 11.1 Å². The molecule has 1 aromatic carbocycles. The summed E-state index contributed by atoms with van der Waals surface area (Å²) in [4.78, 5) is 24.1. The number of hydrogen-bond donors (Lipinski definition) is 1. The van der Waals surface area contributed by atoms with Gasteiger partial charge in [-0.1, -0.05) is 43.8 Å². The number of carbonyl (C=O) groups excluding carboxylic acids is 2. The topological polar surface area (TPSA) is 64.6 Å². The smallest absolute Gasteiger partial charge is 0.407 e. The Labute approximate surface area is 156 Å². The molecule has 144 valence electrons. The van der Waals surface area contributed by atoms with Crippen LogP contribution < -0.4 is 5.32 Å². The standard InChI is InChI=1S/C21H31NO4/c1-7-16-9-11-17(12-10-16)14-18(13-15(3)19(23)25-8-2)22-20(24)26-21(4,5)6/h7,9-12,15,18H,1,8,13-14H2,2-6H3,(H,22,24). The van der Waals surface area contributed by atoms with E-state index < -0.39 is 11.7 Å². The summed E-state index contributed by atoms with van der Waals surface area (Å²) in [6.45, 7) is 13.1. The van der Waals surface area contributed by atoms with Crippen LogP contribution in [-0.4, -0.2) is 30.3 Å². The Morgan fingerprint density at radius 1 is 1.23 bits per heavy atom. The fourth-order valence-electron chi connectivity index (χ4n) is 2.55. The lowest BCUT2D eigenvalue weighted by Gasteiger charge is -2.25. The number of benzene rings is 1. The van der Waals surface area contributed by atoms with Crippen LogP contribution in [0.2, 0.25) is 0 Å². The molecular weight excluding hydrogens is 330 g/mol. The van der Waals surface area contributed by atoms with Gasteiger partial charge in [-0.2, -0.15) is 0 Å². The summed E-state index contributed by atoms with van der Waals surface area (Å²) >= 11 is 0. The number of rotatable bonds is 8. The van der Waals surface area contributed by atoms with Gasteiger partial charge in [-0.3, -0.25) is 4.79 Å². The van der Waals surface area contributed by atoms with Gasteiger partial charge >= 0.3 is 12.1 Å². The lowest BCUT2D eigenvalue weighted by atomic mass is 9.95. The van der Waals surface area contributed by atoms with E-state index in [2.05, 4.69) is 11.9 Å². The predicted octanol–water partition coefficient (Wildman–Crippen LogP) is 4.35. The molecular formula is C21H31NO4. The summed E-state index contributed by atoms with van der Waals surface area (Å²) in [5.74, 6) is -0.576. The fourth-order valence-corrected chi connectivity index (χ4v) is 2.55. The van der Waals surface area contributed by atoms with Gasteiger partial charge in [0.2, 0.25) is 0 Å². The zero-order valence-electron chi connectivity index (χ0n) is 16.5. The van der Waals surface area contributed by atoms with Crippen LogP contribution in [0, 0.1) is 5.92 Å². The van der Waals surface area contributed by atoms with Crippen molar-refractivity contribution in [2.24, 2.45) is 5.92 Å². The van der Waals surface area contributed by atoms with Gasteiger partial charge in [0.05, 0.1) is 12.5 Å². The first-order chi connectivity index (χ1) is 12.1. The first-order valence-electron chi connectivity index (χ1n) is 9.02. The first-order valence-corrected chi connectivity index (χ1v) is 9.02. The predicted molar refractivity (Wildman–Crippen MR) is 104 cm³/mol. The van der Waals surface area contributed by atoms with E-state index in [4.69, 9.17) is 9.47 Å². The molecule has 5 heteroatoms. The van der Waals surface area contributed by atoms with Gasteiger partial charge in [0, 0.05) is 6.04 Å². The maximum Gasteiger partial charge on any atom is 0.407 e. The van der Waals surface area contributed by atoms with Crippen molar-refractivity contribution in [2.45, 2.75) is 59.1 Å². The zero-order valence-corrected chi connectivity index (χ0v) is 16.5. The molecule has 2 atom stereocenters. The van der Waals surface area contributed by atoms with Crippen molar-refractivity contribution < 1.29 is 19.1 Å². The van der Waals surface area contributed by atoms with Crippen LogP contribution in [-0.2, 0) is 20.7 Å². The Balaban J connectivity index is 2.83. The minimum absolute atomic E-state index is 0.237. The van der Waals surface area contributed by atoms with Crippen molar-refractivity contribution in [3.05, 3.63) is 42.0 Å². The number of carbonyl (C=O) groups is 2. The van der Waals surface area contributed by atoms with E-state index in [1.165, 1.54) is 0 Å². The van der Waals surface area contributed by atoms with E-state index in [1.54, 1.807) is 13.0 Å². The molecule has 1 aromatic rings. The van der Waals surface area contributed by atoms with Crippen molar-refractivity contribution in [3.8, 4) is 0 Å². The van der Waals surface area contributed by atoms with Gasteiger partial charge in [0.1, 0.15) is 5.60 Å². The molecule has 0 saturated carbocycles. The highest BCUT2D eigenvalue weighted by Crippen LogP contribution is 2.16. The summed E-state index contributed by atoms with van der Waals surface area (Å²) in [7, 11) is 0. The maximum absolute atomic E-state index is 12.2. The third-order valence-corrected chi connectivity index (χ3v) is 3.75. The van der Waals surface area contributed by atoms with Crippen molar-refractivity contribution in [1.29, 1.82) is 0 Å². The molecule has 0 aliphatic rings. The Hall–Kier alpha value is -2.30. The highest BCUT2D eigenvalue weighted by atomic mass is 16.6. The molecule has 0 bridgehead atoms. The van der Waals surface area contributed by atoms with Crippen LogP contribution in [0.5, 0.6) is 0 Å². The molecule has 0 heterocycles. The number of esters is 1. The van der Waals surface area contributed by atoms with Crippen LogP contribution in [0.25, 0.3) is 6.08 Å². The lowest BCUT2D eigenvalue weighted by molar-refractivity contribution is -0.147. The molecule has 0 saturated heterocycles. The molecule has 5 nitrogen and oxygen atoms in total. The lowest BCUT2D eigenvalue weighted by Crippen LogP contribution is -2.41. The van der Waals surface area contributed by atoms with Crippen molar-refractivity contribution in [3.63, 3.8) is 0 Å². The van der Waals surface area contributed by atoms with Crippen molar-refractivity contribution in [2.75, 3.05) is 6.61 Å². The number of nitrogens with one attached hydrogen (secondary N) is 1. The molecule has 0 radical (unpaired) electrons. The normalized spacial score (nSPS) is 13.4. The number of alkyl carbamates (subject to hydrolysis) is 1. The van der Waals surface area contributed by atoms with E-state index in [-0.39, 0.29) is 17.9 Å². The number of hydrogen-bond acceptors (Lipinski definition) is 4. The van der Waals surface area contributed by atoms with E-state index in [9.17, 15) is 9.59 Å². The summed E-state index contributed by atoms with van der Waals surface area (Å²) in [6.07, 6.45) is 2.37. The van der Waals surface area contributed by atoms with E-state index in [0.29, 0.717) is 19.4 Å². The third kappa shape index (κ3) is 8.19. The molecule has 1 N–H and O–H groups in total. The van der Waals surface area contributed by atoms with Crippen LogP contribution in [0.4, 0.5) is 4.79 Å². The highest BCUT2D eigenvalue weighted by molar-refractivity contribution is 5.72. The quantitative estimate of drug-likeness (QED) is 0.699. The zero-order chi connectivity index (χ0) is 19.7. The highest BCUT2D eigenvalue weighted by Gasteiger charge is 2.24. The van der Waals surface area contributed by atoms with Gasteiger partial charge < -0.3 is 14.8 Å². The minimum Gasteiger partial charge on any atom is -0.466 e. The first kappa shape index (κ1) is 21.7. The summed E-state index contributed by atoms with van der Waals surface area (Å²) < 4.78 is 10.4. The second kappa shape index (κ2) is 10.00. The molecule has 0 aromatic heterocycles. The molecule has 1 amide bonds. The molecule has 26 heavy (non-hydrogen) atoms. The van der Waals surface area contributed by atoms with E-state index >= 15 is 0 Å². The summed E-state index contributed by atoms with van der Waals surface area (Å²) in [5, 5.41) is 2.89. The summed E-state index contributed by atoms with van der Waals surface area (Å²) in [5.41, 5.74) is 1.52. The van der Waals surface area contributed by atoms with Crippen LogP contribution in [0.3, 0.4) is 0 Å². The van der Waals surface area contributed by atoms with Gasteiger partial charge in [-0.15, -0.1) is 0 Å². The van der Waals surface area contributed by atoms with E-state index in [1.807, 2.05) is 52.0 Å². The maximum atomic E-state index is 12.2. The van der Waals surface area contributed by atoms with Crippen LogP contribution in [0.15, 0.2) is 30.8 Å². The van der Waals surface area contributed by atoms with Crippen molar-refractivity contribution in [1.82, 2.24) is 5.32 Å². The largest absolute Gasteiger partial charge is 0.466 e. The van der Waals surface area contributed by atoms with Gasteiger partial charge in [-0.05, 0) is 51.7 Å². The third-order valence-electron chi connectivity index (χ3n) is 3.75. The molecule has 1 rings (SSSR count). The summed E-state index contributed by atoms with van der Waals surface area (Å²) in [6, 6.07) is 7.70. The Kier molecular flexibility index (Phi) is 8.36. The van der Waals surface area contributed by atoms with Crippen LogP contribution >= 0.6 is 0 Å². The average molecular weight is 361 g/mol. The fraction of sp³-hybridized carbons (Fsp3) is 0.524. The van der Waals surface area contributed by atoms with Gasteiger partial charge in [0.15, 0.2) is 0 Å². The van der Waals surface area contributed by atoms with Gasteiger partial charge in [-0.25, -0.2) is 4.79 Å². The average Bonchev–Trinajstić information content (AvgIpc) is 2.53. The molecule has 0 fully saturated rings. The van der Waals surface area contributed by atoms with Gasteiger partial charge in [0.25, 0.3) is 0 Å². The number of ether oxygens (including phenoxy) is 2. The molecule has 0 aliphatic heterocycles. The second-order valence-electron chi connectivity index (χ2n) is 7.38. The van der Waals surface area contributed by atoms with Crippen molar-refractivity contribution >= 4 is 18.1 Å².